The molecule has 1 aromatic heterocycles. The van der Waals surface area contributed by atoms with E-state index in [0.717, 1.165) is 29.2 Å². The maximum absolute atomic E-state index is 6.22. The molecule has 2 aliphatic heterocycles. The van der Waals surface area contributed by atoms with Crippen LogP contribution in [0.4, 0.5) is 0 Å². The van der Waals surface area contributed by atoms with Crippen LogP contribution in [0.25, 0.3) is 0 Å². The first-order valence-corrected chi connectivity index (χ1v) is 8.25. The third-order valence-corrected chi connectivity index (χ3v) is 5.13. The first kappa shape index (κ1) is 13.6. The average Bonchev–Trinajstić information content (AvgIpc) is 3.16. The van der Waals surface area contributed by atoms with Gasteiger partial charge in [-0.05, 0) is 31.4 Å². The van der Waals surface area contributed by atoms with Gasteiger partial charge in [-0.3, -0.25) is 0 Å². The second kappa shape index (κ2) is 4.74. The fourth-order valence-electron chi connectivity index (χ4n) is 3.20. The molecular formula is C17H18N2O2S. The minimum absolute atomic E-state index is 0.200. The van der Waals surface area contributed by atoms with E-state index in [1.54, 1.807) is 18.4 Å². The molecule has 1 aromatic carbocycles. The summed E-state index contributed by atoms with van der Waals surface area (Å²) in [4.78, 5) is 1.23. The van der Waals surface area contributed by atoms with Crippen molar-refractivity contribution < 1.29 is 9.47 Å². The van der Waals surface area contributed by atoms with Gasteiger partial charge in [-0.1, -0.05) is 18.2 Å². The lowest BCUT2D eigenvalue weighted by atomic mass is 9.96. The molecule has 22 heavy (non-hydrogen) atoms. The summed E-state index contributed by atoms with van der Waals surface area (Å²) >= 11 is 1.73. The van der Waals surface area contributed by atoms with E-state index in [1.165, 1.54) is 4.88 Å². The SMILES string of the molecule is COc1cccc2c1OC(C)(C)N1N=C(c3cccs3)C[C@@H]21. The molecule has 0 spiro atoms. The zero-order valence-electron chi connectivity index (χ0n) is 12.9. The van der Waals surface area contributed by atoms with Crippen LogP contribution in [0.3, 0.4) is 0 Å². The number of rotatable bonds is 2. The third-order valence-electron chi connectivity index (χ3n) is 4.21. The number of para-hydroxylation sites is 1. The van der Waals surface area contributed by atoms with Crippen molar-refractivity contribution in [2.75, 3.05) is 7.11 Å². The molecule has 3 heterocycles. The van der Waals surface area contributed by atoms with Crippen molar-refractivity contribution in [3.63, 3.8) is 0 Å². The van der Waals surface area contributed by atoms with Crippen molar-refractivity contribution in [2.24, 2.45) is 5.10 Å². The lowest BCUT2D eigenvalue weighted by Crippen LogP contribution is -2.48. The van der Waals surface area contributed by atoms with E-state index in [-0.39, 0.29) is 6.04 Å². The van der Waals surface area contributed by atoms with Crippen molar-refractivity contribution in [3.8, 4) is 11.5 Å². The smallest absolute Gasteiger partial charge is 0.192 e. The van der Waals surface area contributed by atoms with Gasteiger partial charge in [-0.2, -0.15) is 5.10 Å². The lowest BCUT2D eigenvalue weighted by molar-refractivity contribution is -0.0924. The normalized spacial score (nSPS) is 21.7. The second-order valence-electron chi connectivity index (χ2n) is 6.02. The van der Waals surface area contributed by atoms with Crippen LogP contribution in [-0.4, -0.2) is 23.6 Å². The number of hydrogen-bond acceptors (Lipinski definition) is 5. The van der Waals surface area contributed by atoms with Crippen LogP contribution in [0.2, 0.25) is 0 Å². The quantitative estimate of drug-likeness (QED) is 0.839. The molecule has 0 N–H and O–H groups in total. The number of nitrogens with zero attached hydrogens (tertiary/aromatic N) is 2. The summed E-state index contributed by atoms with van der Waals surface area (Å²) in [6, 6.07) is 10.5. The fourth-order valence-corrected chi connectivity index (χ4v) is 3.92. The molecule has 4 rings (SSSR count). The molecule has 1 atom stereocenters. The van der Waals surface area contributed by atoms with Crippen LogP contribution < -0.4 is 9.47 Å². The standard InChI is InChI=1S/C17H18N2O2S/c1-17(2)19-13(10-12(18-19)15-8-5-9-22-15)11-6-4-7-14(20-3)16(11)21-17/h4-9,13H,10H2,1-3H3/t13-/m0/s1. The van der Waals surface area contributed by atoms with Gasteiger partial charge in [0.2, 0.25) is 0 Å². The first-order valence-electron chi connectivity index (χ1n) is 7.37. The highest BCUT2D eigenvalue weighted by molar-refractivity contribution is 7.12. The van der Waals surface area contributed by atoms with E-state index < -0.39 is 5.72 Å². The Kier molecular flexibility index (Phi) is 2.94. The molecule has 0 amide bonds. The van der Waals surface area contributed by atoms with Gasteiger partial charge < -0.3 is 9.47 Å². The molecular weight excluding hydrogens is 296 g/mol. The summed E-state index contributed by atoms with van der Waals surface area (Å²) in [5.74, 6) is 1.63. The van der Waals surface area contributed by atoms with E-state index >= 15 is 0 Å². The number of benzene rings is 1. The summed E-state index contributed by atoms with van der Waals surface area (Å²) in [5, 5.41) is 9.03. The number of hydrazone groups is 1. The minimum Gasteiger partial charge on any atom is -0.493 e. The van der Waals surface area contributed by atoms with Crippen LogP contribution in [0, 0.1) is 0 Å². The van der Waals surface area contributed by atoms with E-state index in [2.05, 4.69) is 42.4 Å². The Morgan fingerprint density at radius 1 is 1.32 bits per heavy atom. The summed E-state index contributed by atoms with van der Waals surface area (Å²) in [7, 11) is 1.68. The molecule has 0 fully saturated rings. The largest absolute Gasteiger partial charge is 0.493 e. The molecule has 2 aromatic rings. The van der Waals surface area contributed by atoms with Gasteiger partial charge >= 0.3 is 0 Å². The Morgan fingerprint density at radius 3 is 2.91 bits per heavy atom. The fraction of sp³-hybridized carbons (Fsp3) is 0.353. The van der Waals surface area contributed by atoms with E-state index in [0.29, 0.717) is 0 Å². The van der Waals surface area contributed by atoms with Crippen molar-refractivity contribution in [2.45, 2.75) is 32.0 Å². The highest BCUT2D eigenvalue weighted by Gasteiger charge is 2.45. The van der Waals surface area contributed by atoms with Gasteiger partial charge in [-0.25, -0.2) is 5.01 Å². The van der Waals surface area contributed by atoms with Gasteiger partial charge in [-0.15, -0.1) is 11.3 Å². The molecule has 0 radical (unpaired) electrons. The van der Waals surface area contributed by atoms with E-state index in [9.17, 15) is 0 Å². The molecule has 0 saturated carbocycles. The van der Waals surface area contributed by atoms with Gasteiger partial charge in [0, 0.05) is 12.0 Å². The zero-order valence-corrected chi connectivity index (χ0v) is 13.7. The van der Waals surface area contributed by atoms with Crippen LogP contribution in [-0.2, 0) is 0 Å². The van der Waals surface area contributed by atoms with Gasteiger partial charge in [0.25, 0.3) is 0 Å². The highest BCUT2D eigenvalue weighted by atomic mass is 32.1. The summed E-state index contributed by atoms with van der Waals surface area (Å²) in [5.41, 5.74) is 1.78. The van der Waals surface area contributed by atoms with Gasteiger partial charge in [0.15, 0.2) is 17.2 Å². The molecule has 4 nitrogen and oxygen atoms in total. The molecule has 0 unspecified atom stereocenters. The van der Waals surface area contributed by atoms with Crippen molar-refractivity contribution in [1.29, 1.82) is 0 Å². The van der Waals surface area contributed by atoms with Crippen LogP contribution in [0.5, 0.6) is 11.5 Å². The second-order valence-corrected chi connectivity index (χ2v) is 6.96. The summed E-state index contributed by atoms with van der Waals surface area (Å²) in [6.07, 6.45) is 0.896. The molecule has 0 bridgehead atoms. The van der Waals surface area contributed by atoms with Crippen molar-refractivity contribution in [3.05, 3.63) is 46.2 Å². The molecule has 0 aliphatic carbocycles. The van der Waals surface area contributed by atoms with E-state index in [4.69, 9.17) is 14.6 Å². The van der Waals surface area contributed by atoms with E-state index in [1.807, 2.05) is 12.1 Å². The third kappa shape index (κ3) is 1.92. The minimum atomic E-state index is -0.495. The monoisotopic (exact) mass is 314 g/mol. The molecule has 0 saturated heterocycles. The molecule has 114 valence electrons. The average molecular weight is 314 g/mol. The molecule has 2 aliphatic rings. The van der Waals surface area contributed by atoms with Crippen molar-refractivity contribution in [1.82, 2.24) is 5.01 Å². The number of thiophene rings is 1. The predicted molar refractivity (Wildman–Crippen MR) is 87.8 cm³/mol. The Bertz CT molecular complexity index is 737. The lowest BCUT2D eigenvalue weighted by Gasteiger charge is -2.43. The van der Waals surface area contributed by atoms with Gasteiger partial charge in [0.1, 0.15) is 0 Å². The number of hydrogen-bond donors (Lipinski definition) is 0. The Balaban J connectivity index is 1.81. The predicted octanol–water partition coefficient (Wildman–Crippen LogP) is 4.04. The van der Waals surface area contributed by atoms with Gasteiger partial charge in [0.05, 0.1) is 23.7 Å². The van der Waals surface area contributed by atoms with Crippen LogP contribution in [0.1, 0.15) is 36.8 Å². The highest BCUT2D eigenvalue weighted by Crippen LogP contribution is 2.49. The summed E-state index contributed by atoms with van der Waals surface area (Å²) in [6.45, 7) is 4.10. The Hall–Kier alpha value is -2.01. The maximum Gasteiger partial charge on any atom is 0.192 e. The zero-order chi connectivity index (χ0) is 15.3. The number of ether oxygens (including phenoxy) is 2. The Morgan fingerprint density at radius 2 is 2.18 bits per heavy atom. The maximum atomic E-state index is 6.22. The first-order chi connectivity index (χ1) is 10.6. The number of fused-ring (bicyclic) bond motifs is 3. The van der Waals surface area contributed by atoms with Crippen LogP contribution in [0.15, 0.2) is 40.8 Å². The van der Waals surface area contributed by atoms with Crippen molar-refractivity contribution >= 4 is 17.0 Å². The molecule has 5 heteroatoms. The number of methoxy groups -OCH3 is 1. The topological polar surface area (TPSA) is 34.1 Å². The summed E-state index contributed by atoms with van der Waals surface area (Å²) < 4.78 is 11.7. The Labute approximate surface area is 134 Å². The van der Waals surface area contributed by atoms with Crippen LogP contribution >= 0.6 is 11.3 Å².